The third kappa shape index (κ3) is 6.51. The summed E-state index contributed by atoms with van der Waals surface area (Å²) >= 11 is 0. The zero-order valence-electron chi connectivity index (χ0n) is 22.5. The predicted octanol–water partition coefficient (Wildman–Crippen LogP) is 5.10. The van der Waals surface area contributed by atoms with Crippen LogP contribution in [0.4, 0.5) is 10.7 Å². The lowest BCUT2D eigenvalue weighted by molar-refractivity contribution is -0.134. The molecule has 0 spiro atoms. The van der Waals surface area contributed by atoms with Crippen molar-refractivity contribution in [3.63, 3.8) is 0 Å². The number of aromatic nitrogens is 2. The molecular weight excluding hydrogens is 454 g/mol. The second-order valence-corrected chi connectivity index (χ2v) is 11.2. The smallest absolute Gasteiger partial charge is 0.407 e. The van der Waals surface area contributed by atoms with Crippen LogP contribution < -0.4 is 10.2 Å². The van der Waals surface area contributed by atoms with Gasteiger partial charge < -0.3 is 24.4 Å². The number of hydrogen-bond donors (Lipinski definition) is 1. The van der Waals surface area contributed by atoms with Crippen molar-refractivity contribution in [3.05, 3.63) is 24.3 Å². The zero-order valence-corrected chi connectivity index (χ0v) is 22.5. The minimum atomic E-state index is -0.525. The van der Waals surface area contributed by atoms with Gasteiger partial charge >= 0.3 is 6.09 Å². The Morgan fingerprint density at radius 3 is 2.58 bits per heavy atom. The molecule has 36 heavy (non-hydrogen) atoms. The molecule has 1 saturated carbocycles. The maximum absolute atomic E-state index is 13.3. The quantitative estimate of drug-likeness (QED) is 0.576. The van der Waals surface area contributed by atoms with Crippen LogP contribution in [0.5, 0.6) is 0 Å². The molecule has 2 aliphatic rings. The number of imidazole rings is 1. The molecule has 2 amide bonds. The van der Waals surface area contributed by atoms with Crippen molar-refractivity contribution < 1.29 is 14.3 Å². The molecular formula is C28H43N5O3. The Kier molecular flexibility index (Phi) is 8.42. The number of ether oxygens (including phenoxy) is 1. The minimum absolute atomic E-state index is 0.00891. The maximum Gasteiger partial charge on any atom is 0.407 e. The summed E-state index contributed by atoms with van der Waals surface area (Å²) in [6.07, 6.45) is 7.91. The van der Waals surface area contributed by atoms with Gasteiger partial charge in [-0.15, -0.1) is 0 Å². The van der Waals surface area contributed by atoms with Crippen molar-refractivity contribution in [1.29, 1.82) is 0 Å². The number of nitrogens with zero attached hydrogens (tertiary/aromatic N) is 4. The number of fused-ring (bicyclic) bond motifs is 1. The summed E-state index contributed by atoms with van der Waals surface area (Å²) in [7, 11) is 0. The average Bonchev–Trinajstić information content (AvgIpc) is 3.21. The molecule has 8 heteroatoms. The number of carbonyl (C=O) groups excluding carboxylic acids is 2. The van der Waals surface area contributed by atoms with Gasteiger partial charge in [-0.2, -0.15) is 0 Å². The monoisotopic (exact) mass is 497 g/mol. The summed E-state index contributed by atoms with van der Waals surface area (Å²) in [6, 6.07) is 8.50. The number of piperidine rings is 1. The molecule has 1 aliphatic carbocycles. The summed E-state index contributed by atoms with van der Waals surface area (Å²) < 4.78 is 7.66. The molecule has 0 radical (unpaired) electrons. The van der Waals surface area contributed by atoms with Crippen LogP contribution >= 0.6 is 0 Å². The van der Waals surface area contributed by atoms with Crippen LogP contribution in [0, 0.1) is 0 Å². The van der Waals surface area contributed by atoms with E-state index in [0.717, 1.165) is 55.8 Å². The maximum atomic E-state index is 13.3. The van der Waals surface area contributed by atoms with E-state index in [1.54, 1.807) is 0 Å². The summed E-state index contributed by atoms with van der Waals surface area (Å²) in [4.78, 5) is 35.0. The van der Waals surface area contributed by atoms with E-state index in [9.17, 15) is 9.59 Å². The lowest BCUT2D eigenvalue weighted by Gasteiger charge is -2.35. The first-order chi connectivity index (χ1) is 17.2. The Hall–Kier alpha value is -2.77. The molecule has 2 fully saturated rings. The summed E-state index contributed by atoms with van der Waals surface area (Å²) in [5.74, 6) is 1.11. The van der Waals surface area contributed by atoms with Crippen molar-refractivity contribution in [2.75, 3.05) is 24.5 Å². The van der Waals surface area contributed by atoms with Gasteiger partial charge in [0.1, 0.15) is 5.60 Å². The van der Waals surface area contributed by atoms with Crippen LogP contribution in [0.2, 0.25) is 0 Å². The summed E-state index contributed by atoms with van der Waals surface area (Å²) in [5, 5.41) is 3.04. The third-order valence-electron chi connectivity index (χ3n) is 7.29. The fraction of sp³-hybridized carbons (Fsp3) is 0.679. The standard InChI is InChI=1S/C28H43N5O3/c1-5-32(22-13-7-6-8-14-22)25(34)17-19-33-24-16-10-9-15-23(24)30-26(33)31-18-11-12-21(20-31)29-27(35)36-28(2,3)4/h9-10,15-16,21-22H,5-8,11-14,17-20H2,1-4H3,(H,29,35). The normalized spacial score (nSPS) is 19.3. The first kappa shape index (κ1) is 26.3. The fourth-order valence-electron chi connectivity index (χ4n) is 5.66. The largest absolute Gasteiger partial charge is 0.444 e. The minimum Gasteiger partial charge on any atom is -0.444 e. The van der Waals surface area contributed by atoms with E-state index in [0.29, 0.717) is 25.6 Å². The molecule has 4 rings (SSSR count). The summed E-state index contributed by atoms with van der Waals surface area (Å²) in [6.45, 7) is 10.6. The Morgan fingerprint density at radius 2 is 1.86 bits per heavy atom. The van der Waals surface area contributed by atoms with E-state index in [-0.39, 0.29) is 18.0 Å². The Balaban J connectivity index is 1.48. The lowest BCUT2D eigenvalue weighted by Crippen LogP contribution is -2.49. The van der Waals surface area contributed by atoms with Crippen molar-refractivity contribution in [2.45, 2.75) is 103 Å². The number of rotatable bonds is 7. The van der Waals surface area contributed by atoms with Gasteiger partial charge in [0.15, 0.2) is 0 Å². The molecule has 1 aromatic heterocycles. The average molecular weight is 498 g/mol. The number of benzene rings is 1. The molecule has 198 valence electrons. The highest BCUT2D eigenvalue weighted by Gasteiger charge is 2.28. The van der Waals surface area contributed by atoms with E-state index in [2.05, 4.69) is 32.7 Å². The van der Waals surface area contributed by atoms with Crippen LogP contribution in [0.1, 0.15) is 79.1 Å². The van der Waals surface area contributed by atoms with Gasteiger partial charge in [-0.05, 0) is 65.5 Å². The summed E-state index contributed by atoms with van der Waals surface area (Å²) in [5.41, 5.74) is 1.45. The number of anilines is 1. The number of hydrogen-bond acceptors (Lipinski definition) is 5. The van der Waals surface area contributed by atoms with Gasteiger partial charge in [-0.25, -0.2) is 9.78 Å². The van der Waals surface area contributed by atoms with E-state index in [4.69, 9.17) is 9.72 Å². The number of aryl methyl sites for hydroxylation is 1. The molecule has 8 nitrogen and oxygen atoms in total. The number of alkyl carbamates (subject to hydrolysis) is 1. The Bertz CT molecular complexity index is 1040. The van der Waals surface area contributed by atoms with Crippen LogP contribution in [0.25, 0.3) is 11.0 Å². The predicted molar refractivity (Wildman–Crippen MR) is 143 cm³/mol. The van der Waals surface area contributed by atoms with Crippen LogP contribution in [-0.2, 0) is 16.1 Å². The second kappa shape index (κ2) is 11.5. The lowest BCUT2D eigenvalue weighted by atomic mass is 9.94. The first-order valence-corrected chi connectivity index (χ1v) is 13.7. The highest BCUT2D eigenvalue weighted by molar-refractivity contribution is 5.80. The first-order valence-electron chi connectivity index (χ1n) is 13.7. The number of carbonyl (C=O) groups is 2. The third-order valence-corrected chi connectivity index (χ3v) is 7.29. The second-order valence-electron chi connectivity index (χ2n) is 11.2. The molecule has 1 saturated heterocycles. The van der Waals surface area contributed by atoms with Crippen molar-refractivity contribution in [3.8, 4) is 0 Å². The van der Waals surface area contributed by atoms with Gasteiger partial charge in [0.05, 0.1) is 11.0 Å². The van der Waals surface area contributed by atoms with Crippen molar-refractivity contribution >= 4 is 29.0 Å². The van der Waals surface area contributed by atoms with Gasteiger partial charge in [0.25, 0.3) is 0 Å². The van der Waals surface area contributed by atoms with E-state index in [1.807, 2.05) is 39.0 Å². The Labute approximate surface area is 215 Å². The van der Waals surface area contributed by atoms with E-state index in [1.165, 1.54) is 19.3 Å². The van der Waals surface area contributed by atoms with Crippen molar-refractivity contribution in [2.24, 2.45) is 0 Å². The van der Waals surface area contributed by atoms with E-state index < -0.39 is 5.60 Å². The van der Waals surface area contributed by atoms with Crippen LogP contribution in [0.3, 0.4) is 0 Å². The molecule has 1 N–H and O–H groups in total. The van der Waals surface area contributed by atoms with Crippen LogP contribution in [0.15, 0.2) is 24.3 Å². The van der Waals surface area contributed by atoms with Crippen molar-refractivity contribution in [1.82, 2.24) is 19.8 Å². The highest BCUT2D eigenvalue weighted by atomic mass is 16.6. The number of amides is 2. The van der Waals surface area contributed by atoms with Gasteiger partial charge in [0, 0.05) is 44.7 Å². The number of para-hydroxylation sites is 2. The molecule has 1 aliphatic heterocycles. The molecule has 2 aromatic rings. The van der Waals surface area contributed by atoms with E-state index >= 15 is 0 Å². The Morgan fingerprint density at radius 1 is 1.11 bits per heavy atom. The van der Waals surface area contributed by atoms with Gasteiger partial charge in [0.2, 0.25) is 11.9 Å². The molecule has 1 atom stereocenters. The molecule has 0 bridgehead atoms. The number of nitrogens with one attached hydrogen (secondary N) is 1. The zero-order chi connectivity index (χ0) is 25.7. The van der Waals surface area contributed by atoms with Crippen LogP contribution in [-0.4, -0.2) is 63.8 Å². The topological polar surface area (TPSA) is 79.7 Å². The molecule has 1 unspecified atom stereocenters. The SMILES string of the molecule is CCN(C(=O)CCn1c(N2CCCC(NC(=O)OC(C)(C)C)C2)nc2ccccc21)C1CCCCC1. The fourth-order valence-corrected chi connectivity index (χ4v) is 5.66. The molecule has 1 aromatic carbocycles. The highest BCUT2D eigenvalue weighted by Crippen LogP contribution is 2.27. The van der Waals surface area contributed by atoms with Gasteiger partial charge in [-0.3, -0.25) is 4.79 Å². The van der Waals surface area contributed by atoms with Gasteiger partial charge in [-0.1, -0.05) is 31.4 Å². The molecule has 2 heterocycles.